The first-order chi connectivity index (χ1) is 14.6. The van der Waals surface area contributed by atoms with Gasteiger partial charge in [0.15, 0.2) is 11.4 Å². The molecule has 0 fully saturated rings. The van der Waals surface area contributed by atoms with Crippen LogP contribution in [-0.2, 0) is 6.42 Å². The van der Waals surface area contributed by atoms with Gasteiger partial charge in [-0.15, -0.1) is 0 Å². The fraction of sp³-hybridized carbons (Fsp3) is 0.240. The normalized spacial score (nSPS) is 11.1. The number of unbranched alkanes of at least 4 members (excludes halogenated alkanes) is 1. The smallest absolute Gasteiger partial charge is 0.173 e. The molecule has 0 aliphatic heterocycles. The van der Waals surface area contributed by atoms with Crippen LogP contribution in [0.5, 0.6) is 0 Å². The number of hydrogen-bond acceptors (Lipinski definition) is 4. The molecule has 0 saturated heterocycles. The Bertz CT molecular complexity index is 1270. The Morgan fingerprint density at radius 2 is 1.93 bits per heavy atom. The molecule has 0 atom stereocenters. The van der Waals surface area contributed by atoms with Crippen molar-refractivity contribution in [2.45, 2.75) is 38.1 Å². The van der Waals surface area contributed by atoms with Crippen molar-refractivity contribution in [1.29, 1.82) is 5.26 Å². The van der Waals surface area contributed by atoms with E-state index in [1.165, 1.54) is 23.7 Å². The van der Waals surface area contributed by atoms with Crippen LogP contribution >= 0.6 is 11.8 Å². The van der Waals surface area contributed by atoms with E-state index in [9.17, 15) is 10.1 Å². The predicted octanol–water partition coefficient (Wildman–Crippen LogP) is 5.99. The lowest BCUT2D eigenvalue weighted by Crippen LogP contribution is -2.04. The van der Waals surface area contributed by atoms with Gasteiger partial charge in [0.2, 0.25) is 0 Å². The van der Waals surface area contributed by atoms with Crippen molar-refractivity contribution >= 4 is 34.2 Å². The SMILES string of the molecule is CCCCc1ccc(C(=O)CSc2cc(C)c(C#N)c3nc4ccccc4n23)cc1. The Hall–Kier alpha value is -3.10. The Balaban J connectivity index is 1.62. The standard InChI is InChI=1S/C25H23N3OS/c1-3-4-7-18-10-12-19(13-11-18)23(29)16-30-24-14-17(2)20(15-26)25-27-21-8-5-6-9-22(21)28(24)25/h5-6,8-14H,3-4,7,16H2,1-2H3. The number of nitriles is 1. The fourth-order valence-electron chi connectivity index (χ4n) is 3.62. The highest BCUT2D eigenvalue weighted by molar-refractivity contribution is 8.00. The number of aromatic nitrogens is 2. The Morgan fingerprint density at radius 3 is 2.67 bits per heavy atom. The average Bonchev–Trinajstić information content (AvgIpc) is 3.15. The van der Waals surface area contributed by atoms with E-state index in [-0.39, 0.29) is 5.78 Å². The lowest BCUT2D eigenvalue weighted by atomic mass is 10.1. The van der Waals surface area contributed by atoms with Gasteiger partial charge in [-0.05, 0) is 49.1 Å². The van der Waals surface area contributed by atoms with E-state index in [1.807, 2.05) is 53.8 Å². The quantitative estimate of drug-likeness (QED) is 0.276. The minimum atomic E-state index is 0.0987. The lowest BCUT2D eigenvalue weighted by molar-refractivity contribution is 0.102. The summed E-state index contributed by atoms with van der Waals surface area (Å²) in [7, 11) is 0. The molecule has 0 amide bonds. The third kappa shape index (κ3) is 3.83. The van der Waals surface area contributed by atoms with Crippen molar-refractivity contribution in [3.8, 4) is 6.07 Å². The van der Waals surface area contributed by atoms with Crippen LogP contribution in [0.25, 0.3) is 16.7 Å². The number of aryl methyl sites for hydroxylation is 2. The zero-order chi connectivity index (χ0) is 21.1. The zero-order valence-corrected chi connectivity index (χ0v) is 18.0. The number of para-hydroxylation sites is 2. The summed E-state index contributed by atoms with van der Waals surface area (Å²) >= 11 is 1.49. The van der Waals surface area contributed by atoms with E-state index in [0.29, 0.717) is 17.0 Å². The summed E-state index contributed by atoms with van der Waals surface area (Å²) in [6.07, 6.45) is 3.38. The first-order valence-electron chi connectivity index (χ1n) is 10.2. The summed E-state index contributed by atoms with van der Waals surface area (Å²) in [4.78, 5) is 17.5. The number of pyridine rings is 1. The molecule has 2 aromatic heterocycles. The van der Waals surface area contributed by atoms with Crippen LogP contribution in [-0.4, -0.2) is 20.9 Å². The van der Waals surface area contributed by atoms with Crippen molar-refractivity contribution in [1.82, 2.24) is 9.38 Å². The summed E-state index contributed by atoms with van der Waals surface area (Å²) < 4.78 is 1.99. The molecular formula is C25H23N3OS. The topological polar surface area (TPSA) is 58.2 Å². The first kappa shape index (κ1) is 20.2. The minimum Gasteiger partial charge on any atom is -0.293 e. The molecule has 4 aromatic rings. The molecule has 4 rings (SSSR count). The molecule has 4 nitrogen and oxygen atoms in total. The molecule has 2 aromatic carbocycles. The third-order valence-electron chi connectivity index (χ3n) is 5.30. The summed E-state index contributed by atoms with van der Waals surface area (Å²) in [6, 6.07) is 20.1. The van der Waals surface area contributed by atoms with Crippen LogP contribution in [0.3, 0.4) is 0 Å². The van der Waals surface area contributed by atoms with Crippen LogP contribution in [0.2, 0.25) is 0 Å². The van der Waals surface area contributed by atoms with E-state index in [2.05, 4.69) is 30.1 Å². The molecule has 5 heteroatoms. The van der Waals surface area contributed by atoms with Gasteiger partial charge >= 0.3 is 0 Å². The first-order valence-corrected chi connectivity index (χ1v) is 11.2. The van der Waals surface area contributed by atoms with Crippen molar-refractivity contribution in [3.05, 3.63) is 76.9 Å². The van der Waals surface area contributed by atoms with Gasteiger partial charge in [-0.1, -0.05) is 61.5 Å². The minimum absolute atomic E-state index is 0.0987. The van der Waals surface area contributed by atoms with E-state index in [0.717, 1.165) is 40.0 Å². The highest BCUT2D eigenvalue weighted by Crippen LogP contribution is 2.29. The summed E-state index contributed by atoms with van der Waals surface area (Å²) in [5.41, 5.74) is 5.89. The molecule has 2 heterocycles. The second-order valence-corrected chi connectivity index (χ2v) is 8.42. The number of fused-ring (bicyclic) bond motifs is 3. The van der Waals surface area contributed by atoms with Crippen molar-refractivity contribution < 1.29 is 4.79 Å². The highest BCUT2D eigenvalue weighted by Gasteiger charge is 2.16. The van der Waals surface area contributed by atoms with E-state index >= 15 is 0 Å². The van der Waals surface area contributed by atoms with Gasteiger partial charge in [-0.3, -0.25) is 9.20 Å². The Kier molecular flexibility index (Phi) is 5.87. The second kappa shape index (κ2) is 8.73. The number of Topliss-reactive ketones (excluding diaryl/α,β-unsaturated/α-hetero) is 1. The maximum Gasteiger partial charge on any atom is 0.173 e. The summed E-state index contributed by atoms with van der Waals surface area (Å²) in [5, 5.41) is 10.5. The average molecular weight is 414 g/mol. The van der Waals surface area contributed by atoms with Crippen LogP contribution < -0.4 is 0 Å². The second-order valence-electron chi connectivity index (χ2n) is 7.42. The monoisotopic (exact) mass is 413 g/mol. The van der Waals surface area contributed by atoms with Gasteiger partial charge in [0.05, 0.1) is 27.4 Å². The van der Waals surface area contributed by atoms with Crippen LogP contribution in [0.1, 0.15) is 46.8 Å². The Labute approximate surface area is 180 Å². The number of thioether (sulfide) groups is 1. The fourth-order valence-corrected chi connectivity index (χ4v) is 4.64. The predicted molar refractivity (Wildman–Crippen MR) is 122 cm³/mol. The van der Waals surface area contributed by atoms with E-state index < -0.39 is 0 Å². The zero-order valence-electron chi connectivity index (χ0n) is 17.2. The van der Waals surface area contributed by atoms with Crippen LogP contribution in [0.4, 0.5) is 0 Å². The number of benzene rings is 2. The Morgan fingerprint density at radius 1 is 1.17 bits per heavy atom. The third-order valence-corrected chi connectivity index (χ3v) is 6.30. The van der Waals surface area contributed by atoms with Crippen molar-refractivity contribution in [2.75, 3.05) is 5.75 Å². The molecule has 0 radical (unpaired) electrons. The molecule has 0 aliphatic rings. The van der Waals surface area contributed by atoms with Crippen molar-refractivity contribution in [2.24, 2.45) is 0 Å². The molecule has 0 N–H and O–H groups in total. The number of carbonyl (C=O) groups is 1. The molecule has 30 heavy (non-hydrogen) atoms. The number of hydrogen-bond donors (Lipinski definition) is 0. The largest absolute Gasteiger partial charge is 0.293 e. The van der Waals surface area contributed by atoms with Gasteiger partial charge in [0, 0.05) is 5.56 Å². The van der Waals surface area contributed by atoms with E-state index in [1.54, 1.807) is 0 Å². The molecule has 0 saturated carbocycles. The van der Waals surface area contributed by atoms with Crippen molar-refractivity contribution in [3.63, 3.8) is 0 Å². The summed E-state index contributed by atoms with van der Waals surface area (Å²) in [6.45, 7) is 4.10. The molecule has 0 bridgehead atoms. The number of carbonyl (C=O) groups excluding carboxylic acids is 1. The summed E-state index contributed by atoms with van der Waals surface area (Å²) in [5.74, 6) is 0.433. The maximum absolute atomic E-state index is 12.8. The highest BCUT2D eigenvalue weighted by atomic mass is 32.2. The molecule has 0 aliphatic carbocycles. The van der Waals surface area contributed by atoms with Gasteiger partial charge in [0.25, 0.3) is 0 Å². The van der Waals surface area contributed by atoms with Gasteiger partial charge < -0.3 is 0 Å². The van der Waals surface area contributed by atoms with Gasteiger partial charge in [-0.25, -0.2) is 4.98 Å². The number of rotatable bonds is 7. The number of imidazole rings is 1. The number of ketones is 1. The molecule has 150 valence electrons. The molecule has 0 unspecified atom stereocenters. The molecule has 0 spiro atoms. The maximum atomic E-state index is 12.8. The van der Waals surface area contributed by atoms with E-state index in [4.69, 9.17) is 0 Å². The molecular weight excluding hydrogens is 390 g/mol. The van der Waals surface area contributed by atoms with Gasteiger partial charge in [0.1, 0.15) is 6.07 Å². The van der Waals surface area contributed by atoms with Crippen LogP contribution in [0, 0.1) is 18.3 Å². The van der Waals surface area contributed by atoms with Gasteiger partial charge in [-0.2, -0.15) is 5.26 Å². The number of nitrogens with zero attached hydrogens (tertiary/aromatic N) is 3. The lowest BCUT2D eigenvalue weighted by Gasteiger charge is -2.10. The van der Waals surface area contributed by atoms with Crippen LogP contribution in [0.15, 0.2) is 59.6 Å².